The summed E-state index contributed by atoms with van der Waals surface area (Å²) in [4.78, 5) is 3.61. The first kappa shape index (κ1) is 7.88. The maximum Gasteiger partial charge on any atom is 0.147 e. The normalized spacial score (nSPS) is 9.64. The van der Waals surface area contributed by atoms with Crippen molar-refractivity contribution in [1.29, 1.82) is 0 Å². The maximum absolute atomic E-state index is 12.8. The van der Waals surface area contributed by atoms with Gasteiger partial charge < -0.3 is 5.11 Å². The second kappa shape index (κ2) is 3.25. The third-order valence-corrected chi connectivity index (χ3v) is 1.42. The third-order valence-electron chi connectivity index (χ3n) is 1.42. The van der Waals surface area contributed by atoms with Crippen molar-refractivity contribution in [2.24, 2.45) is 0 Å². The molecule has 0 amide bonds. The molecule has 0 spiro atoms. The van der Waals surface area contributed by atoms with Gasteiger partial charge in [-0.15, -0.1) is 0 Å². The van der Waals surface area contributed by atoms with Crippen LogP contribution < -0.4 is 0 Å². The predicted octanol–water partition coefficient (Wildman–Crippen LogP) is 1.36. The molecule has 1 heterocycles. The van der Waals surface area contributed by atoms with Crippen molar-refractivity contribution in [3.8, 4) is 0 Å². The lowest BCUT2D eigenvalue weighted by Gasteiger charge is -2.01. The standard InChI is InChI=1S/C8H8FNO/c1-2-6-3-10-4-8(9)7(6)5-11/h2-4,11H,1,5H2. The molecule has 0 aromatic carbocycles. The Hall–Kier alpha value is -1.22. The summed E-state index contributed by atoms with van der Waals surface area (Å²) < 4.78 is 12.8. The molecule has 58 valence electrons. The number of aliphatic hydroxyl groups is 1. The lowest BCUT2D eigenvalue weighted by Crippen LogP contribution is -1.94. The second-order valence-electron chi connectivity index (χ2n) is 2.05. The quantitative estimate of drug-likeness (QED) is 0.695. The van der Waals surface area contributed by atoms with E-state index in [1.807, 2.05) is 0 Å². The number of aromatic nitrogens is 1. The Kier molecular flexibility index (Phi) is 2.33. The smallest absolute Gasteiger partial charge is 0.147 e. The first-order valence-electron chi connectivity index (χ1n) is 3.15. The van der Waals surface area contributed by atoms with Crippen LogP contribution in [0.1, 0.15) is 11.1 Å². The van der Waals surface area contributed by atoms with Crippen molar-refractivity contribution in [3.63, 3.8) is 0 Å². The first-order chi connectivity index (χ1) is 5.29. The van der Waals surface area contributed by atoms with E-state index in [9.17, 15) is 4.39 Å². The van der Waals surface area contributed by atoms with E-state index in [0.29, 0.717) is 5.56 Å². The van der Waals surface area contributed by atoms with Crippen LogP contribution in [0.3, 0.4) is 0 Å². The Labute approximate surface area is 64.0 Å². The van der Waals surface area contributed by atoms with E-state index in [2.05, 4.69) is 11.6 Å². The summed E-state index contributed by atoms with van der Waals surface area (Å²) in [5.74, 6) is -0.495. The number of pyridine rings is 1. The minimum absolute atomic E-state index is 0.245. The third kappa shape index (κ3) is 1.43. The minimum Gasteiger partial charge on any atom is -0.392 e. The molecule has 1 aromatic heterocycles. The molecule has 0 aliphatic heterocycles. The highest BCUT2D eigenvalue weighted by atomic mass is 19.1. The molecule has 0 atom stereocenters. The van der Waals surface area contributed by atoms with Crippen molar-refractivity contribution in [2.75, 3.05) is 0 Å². The van der Waals surface area contributed by atoms with Crippen LogP contribution in [0.25, 0.3) is 6.08 Å². The number of aliphatic hydroxyl groups excluding tert-OH is 1. The summed E-state index contributed by atoms with van der Waals surface area (Å²) in [6, 6.07) is 0. The van der Waals surface area contributed by atoms with E-state index in [-0.39, 0.29) is 12.2 Å². The van der Waals surface area contributed by atoms with Gasteiger partial charge >= 0.3 is 0 Å². The number of hydrogen-bond donors (Lipinski definition) is 1. The fourth-order valence-electron chi connectivity index (χ4n) is 0.819. The van der Waals surface area contributed by atoms with E-state index >= 15 is 0 Å². The van der Waals surface area contributed by atoms with Crippen LogP contribution in [0, 0.1) is 5.82 Å². The molecule has 1 aromatic rings. The van der Waals surface area contributed by atoms with Crippen molar-refractivity contribution in [2.45, 2.75) is 6.61 Å². The highest BCUT2D eigenvalue weighted by Crippen LogP contribution is 2.12. The lowest BCUT2D eigenvalue weighted by molar-refractivity contribution is 0.275. The summed E-state index contributed by atoms with van der Waals surface area (Å²) >= 11 is 0. The van der Waals surface area contributed by atoms with Crippen molar-refractivity contribution in [1.82, 2.24) is 4.98 Å². The summed E-state index contributed by atoms with van der Waals surface area (Å²) in [7, 11) is 0. The molecule has 1 N–H and O–H groups in total. The van der Waals surface area contributed by atoms with Gasteiger partial charge in [-0.3, -0.25) is 4.98 Å². The van der Waals surface area contributed by atoms with Gasteiger partial charge in [0.1, 0.15) is 5.82 Å². The van der Waals surface area contributed by atoms with Gasteiger partial charge in [-0.25, -0.2) is 4.39 Å². The zero-order valence-corrected chi connectivity index (χ0v) is 5.92. The first-order valence-corrected chi connectivity index (χ1v) is 3.15. The van der Waals surface area contributed by atoms with E-state index in [0.717, 1.165) is 6.20 Å². The molecular formula is C8H8FNO. The SMILES string of the molecule is C=Cc1cncc(F)c1CO. The maximum atomic E-state index is 12.8. The van der Waals surface area contributed by atoms with Crippen LogP contribution in [-0.4, -0.2) is 10.1 Å². The number of hydrogen-bond acceptors (Lipinski definition) is 2. The molecule has 3 heteroatoms. The van der Waals surface area contributed by atoms with Crippen molar-refractivity contribution >= 4 is 6.08 Å². The average Bonchev–Trinajstić information content (AvgIpc) is 2.04. The summed E-state index contributed by atoms with van der Waals surface area (Å²) in [6.07, 6.45) is 3.99. The Bertz CT molecular complexity index is 273. The van der Waals surface area contributed by atoms with Crippen LogP contribution in [0.5, 0.6) is 0 Å². The Morgan fingerprint density at radius 1 is 1.64 bits per heavy atom. The zero-order chi connectivity index (χ0) is 8.27. The van der Waals surface area contributed by atoms with E-state index in [1.165, 1.54) is 12.3 Å². The Morgan fingerprint density at radius 3 is 2.82 bits per heavy atom. The van der Waals surface area contributed by atoms with Crippen molar-refractivity contribution in [3.05, 3.63) is 35.9 Å². The van der Waals surface area contributed by atoms with Gasteiger partial charge in [-0.2, -0.15) is 0 Å². The number of halogens is 1. The zero-order valence-electron chi connectivity index (χ0n) is 5.92. The van der Waals surface area contributed by atoms with Gasteiger partial charge in [-0.1, -0.05) is 12.7 Å². The summed E-state index contributed by atoms with van der Waals surface area (Å²) in [6.45, 7) is 3.14. The monoisotopic (exact) mass is 153 g/mol. The molecule has 0 aliphatic rings. The van der Waals surface area contributed by atoms with E-state index < -0.39 is 5.82 Å². The van der Waals surface area contributed by atoms with Crippen LogP contribution in [0.15, 0.2) is 19.0 Å². The van der Waals surface area contributed by atoms with Crippen LogP contribution in [0.4, 0.5) is 4.39 Å². The number of nitrogens with zero attached hydrogens (tertiary/aromatic N) is 1. The molecule has 11 heavy (non-hydrogen) atoms. The van der Waals surface area contributed by atoms with Gasteiger partial charge in [0, 0.05) is 17.3 Å². The molecule has 0 saturated carbocycles. The largest absolute Gasteiger partial charge is 0.392 e. The Balaban J connectivity index is 3.23. The predicted molar refractivity (Wildman–Crippen MR) is 40.2 cm³/mol. The fraction of sp³-hybridized carbons (Fsp3) is 0.125. The van der Waals surface area contributed by atoms with Gasteiger partial charge in [0.05, 0.1) is 12.8 Å². The minimum atomic E-state index is -0.495. The lowest BCUT2D eigenvalue weighted by atomic mass is 10.1. The second-order valence-corrected chi connectivity index (χ2v) is 2.05. The number of rotatable bonds is 2. The van der Waals surface area contributed by atoms with Gasteiger partial charge in [0.25, 0.3) is 0 Å². The molecule has 0 saturated heterocycles. The average molecular weight is 153 g/mol. The highest BCUT2D eigenvalue weighted by molar-refractivity contribution is 5.50. The van der Waals surface area contributed by atoms with Crippen molar-refractivity contribution < 1.29 is 9.50 Å². The van der Waals surface area contributed by atoms with E-state index in [1.54, 1.807) is 0 Å². The Morgan fingerprint density at radius 2 is 2.36 bits per heavy atom. The van der Waals surface area contributed by atoms with E-state index in [4.69, 9.17) is 5.11 Å². The molecule has 0 radical (unpaired) electrons. The summed E-state index contributed by atoms with van der Waals surface area (Å²) in [5, 5.41) is 8.71. The van der Waals surface area contributed by atoms with Crippen LogP contribution in [0.2, 0.25) is 0 Å². The summed E-state index contributed by atoms with van der Waals surface area (Å²) in [5.41, 5.74) is 0.780. The van der Waals surface area contributed by atoms with Gasteiger partial charge in [0.15, 0.2) is 0 Å². The molecule has 1 rings (SSSR count). The van der Waals surface area contributed by atoms with Gasteiger partial charge in [-0.05, 0) is 0 Å². The molecule has 0 aliphatic carbocycles. The van der Waals surface area contributed by atoms with Gasteiger partial charge in [0.2, 0.25) is 0 Å². The highest BCUT2D eigenvalue weighted by Gasteiger charge is 2.03. The molecule has 0 bridgehead atoms. The van der Waals surface area contributed by atoms with Crippen LogP contribution >= 0.6 is 0 Å². The molecule has 0 fully saturated rings. The molecule has 2 nitrogen and oxygen atoms in total. The topological polar surface area (TPSA) is 33.1 Å². The molecular weight excluding hydrogens is 145 g/mol. The molecule has 0 unspecified atom stereocenters. The fourth-order valence-corrected chi connectivity index (χ4v) is 0.819. The van der Waals surface area contributed by atoms with Crippen LogP contribution in [-0.2, 0) is 6.61 Å².